The molecule has 168 valence electrons. The van der Waals surface area contributed by atoms with Crippen molar-refractivity contribution in [2.45, 2.75) is 37.0 Å². The SMILES string of the molecule is CN(C)C=Nc1ncnc2c1C(C#CNC(=O)C(F)(F)F)CN2C1CC(O)C(CO)O1. The van der Waals surface area contributed by atoms with Crippen LogP contribution in [0.3, 0.4) is 0 Å². The second kappa shape index (κ2) is 9.04. The highest BCUT2D eigenvalue weighted by Crippen LogP contribution is 2.42. The number of nitrogens with one attached hydrogen (secondary N) is 1. The number of ether oxygens (including phenoxy) is 1. The number of amides is 1. The minimum absolute atomic E-state index is 0.156. The van der Waals surface area contributed by atoms with E-state index in [1.807, 2.05) is 0 Å². The van der Waals surface area contributed by atoms with Crippen molar-refractivity contribution in [3.05, 3.63) is 11.9 Å². The Bertz CT molecular complexity index is 914. The topological polar surface area (TPSA) is 123 Å². The maximum Gasteiger partial charge on any atom is 0.472 e. The van der Waals surface area contributed by atoms with Crippen molar-refractivity contribution in [1.82, 2.24) is 20.2 Å². The van der Waals surface area contributed by atoms with E-state index < -0.39 is 36.4 Å². The summed E-state index contributed by atoms with van der Waals surface area (Å²) < 4.78 is 42.9. The minimum Gasteiger partial charge on any atom is -0.394 e. The molecule has 1 aromatic heterocycles. The monoisotopic (exact) mass is 442 g/mol. The summed E-state index contributed by atoms with van der Waals surface area (Å²) in [4.78, 5) is 27.1. The predicted octanol–water partition coefficient (Wildman–Crippen LogP) is -0.291. The van der Waals surface area contributed by atoms with E-state index in [0.717, 1.165) is 0 Å². The third kappa shape index (κ3) is 5.04. The molecule has 1 fully saturated rings. The fourth-order valence-electron chi connectivity index (χ4n) is 3.26. The molecule has 0 saturated carbocycles. The fourth-order valence-corrected chi connectivity index (χ4v) is 3.26. The molecule has 0 aliphatic carbocycles. The Hall–Kier alpha value is -2.95. The summed E-state index contributed by atoms with van der Waals surface area (Å²) in [6.07, 6.45) is -4.37. The van der Waals surface area contributed by atoms with Gasteiger partial charge in [0.2, 0.25) is 0 Å². The van der Waals surface area contributed by atoms with Crippen LogP contribution in [0.1, 0.15) is 17.9 Å². The van der Waals surface area contributed by atoms with Crippen LogP contribution >= 0.6 is 0 Å². The second-order valence-corrected chi connectivity index (χ2v) is 7.18. The van der Waals surface area contributed by atoms with Crippen molar-refractivity contribution in [2.75, 3.05) is 32.1 Å². The predicted molar refractivity (Wildman–Crippen MR) is 102 cm³/mol. The van der Waals surface area contributed by atoms with E-state index in [4.69, 9.17) is 4.74 Å². The molecule has 10 nitrogen and oxygen atoms in total. The minimum atomic E-state index is -5.05. The van der Waals surface area contributed by atoms with Crippen LogP contribution in [-0.2, 0) is 9.53 Å². The lowest BCUT2D eigenvalue weighted by Crippen LogP contribution is -2.35. The number of anilines is 1. The number of hydrogen-bond acceptors (Lipinski definition) is 8. The lowest BCUT2D eigenvalue weighted by atomic mass is 10.0. The molecule has 4 unspecified atom stereocenters. The van der Waals surface area contributed by atoms with Crippen molar-refractivity contribution >= 4 is 23.9 Å². The quantitative estimate of drug-likeness (QED) is 0.252. The van der Waals surface area contributed by atoms with Gasteiger partial charge >= 0.3 is 12.1 Å². The summed E-state index contributed by atoms with van der Waals surface area (Å²) in [5.41, 5.74) is 0.458. The van der Waals surface area contributed by atoms with Gasteiger partial charge in [0.1, 0.15) is 24.5 Å². The highest BCUT2D eigenvalue weighted by Gasteiger charge is 2.43. The first-order valence-electron chi connectivity index (χ1n) is 9.26. The molecule has 13 heteroatoms. The Morgan fingerprint density at radius 1 is 1.48 bits per heavy atom. The summed E-state index contributed by atoms with van der Waals surface area (Å²) >= 11 is 0. The van der Waals surface area contributed by atoms with Gasteiger partial charge in [-0.2, -0.15) is 13.2 Å². The molecular weight excluding hydrogens is 421 g/mol. The number of aliphatic hydroxyl groups excluding tert-OH is 2. The van der Waals surface area contributed by atoms with Gasteiger partial charge in [0.05, 0.1) is 30.5 Å². The van der Waals surface area contributed by atoms with Gasteiger partial charge in [0.25, 0.3) is 0 Å². The molecule has 1 saturated heterocycles. The van der Waals surface area contributed by atoms with Crippen molar-refractivity contribution < 1.29 is 32.9 Å². The van der Waals surface area contributed by atoms with Gasteiger partial charge in [-0.25, -0.2) is 15.0 Å². The standard InChI is InChI=1S/C18H21F3N6O4/c1-26(2)9-25-15-14-10(3-4-22-17(30)18(19,20)21)6-27(16(14)24-8-23-15)13-5-11(29)12(7-28)31-13/h8-13,28-29H,5-7H2,1-2H3,(H,22,30). The maximum atomic E-state index is 12.4. The zero-order chi connectivity index (χ0) is 22.8. The lowest BCUT2D eigenvalue weighted by Gasteiger charge is -2.25. The number of aromatic nitrogens is 2. The molecule has 0 spiro atoms. The number of carbonyl (C=O) groups is 1. The van der Waals surface area contributed by atoms with E-state index in [2.05, 4.69) is 26.9 Å². The van der Waals surface area contributed by atoms with Gasteiger partial charge in [-0.3, -0.25) is 10.1 Å². The van der Waals surface area contributed by atoms with Crippen LogP contribution in [0.5, 0.6) is 0 Å². The fraction of sp³-hybridized carbons (Fsp3) is 0.556. The highest BCUT2D eigenvalue weighted by molar-refractivity contribution is 5.83. The molecular formula is C18H21F3N6O4. The van der Waals surface area contributed by atoms with Gasteiger partial charge in [-0.15, -0.1) is 0 Å². The molecule has 2 aliphatic rings. The van der Waals surface area contributed by atoms with Crippen LogP contribution in [0.15, 0.2) is 11.3 Å². The Morgan fingerprint density at radius 3 is 2.84 bits per heavy atom. The van der Waals surface area contributed by atoms with Crippen LogP contribution in [0.4, 0.5) is 24.8 Å². The van der Waals surface area contributed by atoms with Crippen molar-refractivity contribution in [2.24, 2.45) is 4.99 Å². The van der Waals surface area contributed by atoms with Crippen molar-refractivity contribution in [3.8, 4) is 12.0 Å². The molecule has 0 radical (unpaired) electrons. The number of carbonyl (C=O) groups excluding carboxylic acids is 1. The number of aliphatic imine (C=N–C) groups is 1. The van der Waals surface area contributed by atoms with E-state index in [1.165, 1.54) is 18.0 Å². The van der Waals surface area contributed by atoms with Gasteiger partial charge < -0.3 is 24.7 Å². The summed E-state index contributed by atoms with van der Waals surface area (Å²) in [5, 5.41) is 20.9. The Morgan fingerprint density at radius 2 is 2.23 bits per heavy atom. The highest BCUT2D eigenvalue weighted by atomic mass is 19.4. The van der Waals surface area contributed by atoms with E-state index in [9.17, 15) is 28.2 Å². The first-order chi connectivity index (χ1) is 14.6. The maximum absolute atomic E-state index is 12.4. The van der Waals surface area contributed by atoms with Gasteiger partial charge in [0.15, 0.2) is 5.82 Å². The number of alkyl halides is 3. The number of fused-ring (bicyclic) bond motifs is 1. The molecule has 1 amide bonds. The third-order valence-electron chi connectivity index (χ3n) is 4.66. The average molecular weight is 442 g/mol. The molecule has 3 heterocycles. The second-order valence-electron chi connectivity index (χ2n) is 7.18. The molecule has 3 rings (SSSR count). The summed E-state index contributed by atoms with van der Waals surface area (Å²) in [6, 6.07) is 2.06. The summed E-state index contributed by atoms with van der Waals surface area (Å²) in [5.74, 6) is 0.410. The van der Waals surface area contributed by atoms with Crippen LogP contribution in [0.2, 0.25) is 0 Å². The number of aliphatic hydroxyl groups is 2. The van der Waals surface area contributed by atoms with Crippen LogP contribution < -0.4 is 10.2 Å². The Balaban J connectivity index is 1.93. The number of hydrogen-bond donors (Lipinski definition) is 3. The van der Waals surface area contributed by atoms with Crippen LogP contribution in [-0.4, -0.2) is 89.2 Å². The smallest absolute Gasteiger partial charge is 0.394 e. The summed E-state index contributed by atoms with van der Waals surface area (Å²) in [6.45, 7) is -0.212. The summed E-state index contributed by atoms with van der Waals surface area (Å²) in [7, 11) is 3.51. The average Bonchev–Trinajstić information content (AvgIpc) is 3.26. The lowest BCUT2D eigenvalue weighted by molar-refractivity contribution is -0.172. The van der Waals surface area contributed by atoms with Crippen molar-refractivity contribution in [1.29, 1.82) is 0 Å². The molecule has 0 aromatic carbocycles. The van der Waals surface area contributed by atoms with E-state index in [1.54, 1.807) is 23.9 Å². The Kier molecular flexibility index (Phi) is 6.63. The molecule has 4 atom stereocenters. The molecule has 31 heavy (non-hydrogen) atoms. The molecule has 1 aromatic rings. The van der Waals surface area contributed by atoms with E-state index in [-0.39, 0.29) is 25.4 Å². The zero-order valence-corrected chi connectivity index (χ0v) is 16.7. The first-order valence-corrected chi connectivity index (χ1v) is 9.26. The molecule has 0 bridgehead atoms. The molecule has 3 N–H and O–H groups in total. The number of halogens is 3. The third-order valence-corrected chi connectivity index (χ3v) is 4.66. The van der Waals surface area contributed by atoms with Crippen molar-refractivity contribution in [3.63, 3.8) is 0 Å². The van der Waals surface area contributed by atoms with E-state index in [0.29, 0.717) is 11.4 Å². The first kappa shape index (κ1) is 22.7. The van der Waals surface area contributed by atoms with Gasteiger partial charge in [0, 0.05) is 33.1 Å². The number of nitrogens with zero attached hydrogens (tertiary/aromatic N) is 5. The molecule has 2 aliphatic heterocycles. The van der Waals surface area contributed by atoms with Gasteiger partial charge in [-0.05, 0) is 0 Å². The van der Waals surface area contributed by atoms with Gasteiger partial charge in [-0.1, -0.05) is 5.92 Å². The van der Waals surface area contributed by atoms with E-state index >= 15 is 0 Å². The largest absolute Gasteiger partial charge is 0.472 e. The Labute approximate surface area is 175 Å². The van der Waals surface area contributed by atoms with Crippen LogP contribution in [0.25, 0.3) is 0 Å². The van der Waals surface area contributed by atoms with Crippen LogP contribution in [0, 0.1) is 12.0 Å². The number of rotatable bonds is 4. The normalized spacial score (nSPS) is 25.3. The zero-order valence-electron chi connectivity index (χ0n) is 16.7.